The fourth-order valence-electron chi connectivity index (χ4n) is 3.59. The number of ether oxygens (including phenoxy) is 2. The van der Waals surface area contributed by atoms with Crippen LogP contribution < -0.4 is 20.1 Å². The van der Waals surface area contributed by atoms with Crippen LogP contribution in [-0.4, -0.2) is 36.0 Å². The minimum absolute atomic E-state index is 0.0488. The van der Waals surface area contributed by atoms with Gasteiger partial charge in [0.2, 0.25) is 0 Å². The number of nitrogens with one attached hydrogen (secondary N) is 2. The Bertz CT molecular complexity index is 905. The van der Waals surface area contributed by atoms with E-state index in [1.807, 2.05) is 18.2 Å². The molecule has 3 rings (SSSR count). The summed E-state index contributed by atoms with van der Waals surface area (Å²) >= 11 is 0. The molecule has 0 spiro atoms. The number of benzene rings is 1. The van der Waals surface area contributed by atoms with E-state index in [1.54, 1.807) is 14.2 Å². The van der Waals surface area contributed by atoms with Gasteiger partial charge in [-0.1, -0.05) is 0 Å². The Hall–Kier alpha value is -2.91. The third-order valence-corrected chi connectivity index (χ3v) is 5.16. The lowest BCUT2D eigenvalue weighted by Crippen LogP contribution is -2.36. The number of guanidine groups is 1. The Kier molecular flexibility index (Phi) is 7.29. The summed E-state index contributed by atoms with van der Waals surface area (Å²) < 4.78 is 52.1. The number of nitrogens with zero attached hydrogens (tertiary/aromatic N) is 3. The van der Waals surface area contributed by atoms with Crippen molar-refractivity contribution >= 4 is 5.96 Å². The first-order valence-electron chi connectivity index (χ1n) is 10.2. The summed E-state index contributed by atoms with van der Waals surface area (Å²) in [5, 5.41) is 9.57. The second-order valence-electron chi connectivity index (χ2n) is 7.45. The minimum atomic E-state index is -4.51. The van der Waals surface area contributed by atoms with Crippen LogP contribution in [0.5, 0.6) is 11.5 Å². The fourth-order valence-corrected chi connectivity index (χ4v) is 3.59. The monoisotopic (exact) mass is 439 g/mol. The number of hydrogen-bond acceptors (Lipinski definition) is 4. The van der Waals surface area contributed by atoms with Gasteiger partial charge in [0.05, 0.1) is 13.2 Å². The lowest BCUT2D eigenvalue weighted by molar-refractivity contribution is -0.142. The molecule has 0 radical (unpaired) electrons. The molecule has 0 saturated heterocycles. The molecule has 2 N–H and O–H groups in total. The highest BCUT2D eigenvalue weighted by molar-refractivity contribution is 5.79. The lowest BCUT2D eigenvalue weighted by Gasteiger charge is -2.19. The summed E-state index contributed by atoms with van der Waals surface area (Å²) in [6, 6.07) is 5.61. The molecule has 1 aromatic heterocycles. The molecular formula is C21H28F3N5O2. The molecule has 0 aliphatic heterocycles. The number of rotatable bonds is 7. The van der Waals surface area contributed by atoms with Gasteiger partial charge in [0.25, 0.3) is 0 Å². The van der Waals surface area contributed by atoms with Gasteiger partial charge < -0.3 is 20.1 Å². The molecule has 170 valence electrons. The average molecular weight is 439 g/mol. The molecule has 0 amide bonds. The van der Waals surface area contributed by atoms with E-state index < -0.39 is 11.9 Å². The van der Waals surface area contributed by atoms with Crippen LogP contribution in [0.25, 0.3) is 0 Å². The molecule has 31 heavy (non-hydrogen) atoms. The standard InChI is InChI=1S/C21H28F3N5O2/c1-25-20(27-12-15-13-29(2)28-19(15)21(22,23)24)26-11-14-8-9-17(30-3)10-18(14)31-16-6-4-5-7-16/h8-10,13,16H,4-7,11-12H2,1-3H3,(H2,25,26,27). The summed E-state index contributed by atoms with van der Waals surface area (Å²) in [5.41, 5.74) is 0.0565. The molecule has 1 heterocycles. The normalized spacial score (nSPS) is 15.2. The van der Waals surface area contributed by atoms with Crippen molar-refractivity contribution in [1.29, 1.82) is 0 Å². The first-order valence-corrected chi connectivity index (χ1v) is 10.2. The summed E-state index contributed by atoms with van der Waals surface area (Å²) in [4.78, 5) is 4.10. The topological polar surface area (TPSA) is 72.7 Å². The zero-order valence-corrected chi connectivity index (χ0v) is 17.9. The van der Waals surface area contributed by atoms with Crippen molar-refractivity contribution in [3.63, 3.8) is 0 Å². The second kappa shape index (κ2) is 9.93. The van der Waals surface area contributed by atoms with E-state index in [0.717, 1.165) is 41.7 Å². The Morgan fingerprint density at radius 1 is 1.19 bits per heavy atom. The highest BCUT2D eigenvalue weighted by Gasteiger charge is 2.36. The quantitative estimate of drug-likeness (QED) is 0.509. The molecule has 1 saturated carbocycles. The van der Waals surface area contributed by atoms with Crippen LogP contribution in [0.2, 0.25) is 0 Å². The van der Waals surface area contributed by atoms with Gasteiger partial charge in [0.1, 0.15) is 11.5 Å². The molecule has 1 aromatic carbocycles. The maximum Gasteiger partial charge on any atom is 0.435 e. The van der Waals surface area contributed by atoms with Crippen molar-refractivity contribution < 1.29 is 22.6 Å². The van der Waals surface area contributed by atoms with Crippen molar-refractivity contribution in [1.82, 2.24) is 20.4 Å². The van der Waals surface area contributed by atoms with Crippen molar-refractivity contribution in [3.05, 3.63) is 41.2 Å². The SMILES string of the molecule is CN=C(NCc1ccc(OC)cc1OC1CCCC1)NCc1cn(C)nc1C(F)(F)F. The average Bonchev–Trinajstić information content (AvgIpc) is 3.38. The molecular weight excluding hydrogens is 411 g/mol. The Balaban J connectivity index is 1.64. The largest absolute Gasteiger partial charge is 0.497 e. The number of alkyl halides is 3. The number of aliphatic imine (C=N–C) groups is 1. The third kappa shape index (κ3) is 6.05. The molecule has 7 nitrogen and oxygen atoms in total. The van der Waals surface area contributed by atoms with Crippen LogP contribution >= 0.6 is 0 Å². The van der Waals surface area contributed by atoms with E-state index in [2.05, 4.69) is 20.7 Å². The lowest BCUT2D eigenvalue weighted by atomic mass is 10.2. The summed E-state index contributed by atoms with van der Waals surface area (Å²) in [6.07, 6.45) is 1.40. The van der Waals surface area contributed by atoms with Crippen molar-refractivity contribution in [2.24, 2.45) is 12.0 Å². The molecule has 10 heteroatoms. The van der Waals surface area contributed by atoms with Gasteiger partial charge in [-0.05, 0) is 37.8 Å². The number of aromatic nitrogens is 2. The number of methoxy groups -OCH3 is 1. The molecule has 0 atom stereocenters. The van der Waals surface area contributed by atoms with E-state index in [4.69, 9.17) is 9.47 Å². The minimum Gasteiger partial charge on any atom is -0.497 e. The van der Waals surface area contributed by atoms with Crippen molar-refractivity contribution in [2.75, 3.05) is 14.2 Å². The zero-order valence-electron chi connectivity index (χ0n) is 17.9. The highest BCUT2D eigenvalue weighted by atomic mass is 19.4. The van der Waals surface area contributed by atoms with E-state index in [1.165, 1.54) is 13.2 Å². The highest BCUT2D eigenvalue weighted by Crippen LogP contribution is 2.31. The molecule has 1 aliphatic rings. The van der Waals surface area contributed by atoms with Crippen LogP contribution in [0, 0.1) is 0 Å². The molecule has 2 aromatic rings. The van der Waals surface area contributed by atoms with Gasteiger partial charge in [-0.25, -0.2) is 0 Å². The maximum absolute atomic E-state index is 13.1. The zero-order chi connectivity index (χ0) is 22.4. The second-order valence-corrected chi connectivity index (χ2v) is 7.45. The van der Waals surface area contributed by atoms with Gasteiger partial charge >= 0.3 is 6.18 Å². The predicted octanol–water partition coefficient (Wildman–Crippen LogP) is 3.63. The number of aryl methyl sites for hydroxylation is 1. The van der Waals surface area contributed by atoms with Gasteiger partial charge in [0.15, 0.2) is 11.7 Å². The van der Waals surface area contributed by atoms with Crippen LogP contribution in [0.1, 0.15) is 42.5 Å². The number of halogens is 3. The first-order chi connectivity index (χ1) is 14.8. The smallest absolute Gasteiger partial charge is 0.435 e. The maximum atomic E-state index is 13.1. The van der Waals surface area contributed by atoms with Gasteiger partial charge in [0, 0.05) is 50.6 Å². The van der Waals surface area contributed by atoms with E-state index >= 15 is 0 Å². The number of hydrogen-bond donors (Lipinski definition) is 2. The van der Waals surface area contributed by atoms with Crippen molar-refractivity contribution in [2.45, 2.75) is 51.1 Å². The van der Waals surface area contributed by atoms with Crippen molar-refractivity contribution in [3.8, 4) is 11.5 Å². The summed E-state index contributed by atoms with van der Waals surface area (Å²) in [7, 11) is 4.63. The molecule has 1 aliphatic carbocycles. The first kappa shape index (κ1) is 22.8. The Morgan fingerprint density at radius 3 is 2.48 bits per heavy atom. The van der Waals surface area contributed by atoms with Crippen LogP contribution in [0.4, 0.5) is 13.2 Å². The Morgan fingerprint density at radius 2 is 1.87 bits per heavy atom. The van der Waals surface area contributed by atoms with Crippen LogP contribution in [-0.2, 0) is 26.3 Å². The molecule has 1 fully saturated rings. The van der Waals surface area contributed by atoms with Gasteiger partial charge in [-0.3, -0.25) is 9.67 Å². The predicted molar refractivity (Wildman–Crippen MR) is 111 cm³/mol. The van der Waals surface area contributed by atoms with E-state index in [9.17, 15) is 13.2 Å². The van der Waals surface area contributed by atoms with Gasteiger partial charge in [-0.2, -0.15) is 18.3 Å². The van der Waals surface area contributed by atoms with Gasteiger partial charge in [-0.15, -0.1) is 0 Å². The fraction of sp³-hybridized carbons (Fsp3) is 0.524. The van der Waals surface area contributed by atoms with Crippen LogP contribution in [0.3, 0.4) is 0 Å². The van der Waals surface area contributed by atoms with Crippen LogP contribution in [0.15, 0.2) is 29.4 Å². The Labute approximate surface area is 179 Å². The van der Waals surface area contributed by atoms with E-state index in [0.29, 0.717) is 18.3 Å². The summed E-state index contributed by atoms with van der Waals surface area (Å²) in [6.45, 7) is 0.335. The third-order valence-electron chi connectivity index (χ3n) is 5.16. The summed E-state index contributed by atoms with van der Waals surface area (Å²) in [5.74, 6) is 1.82. The molecule has 0 bridgehead atoms. The van der Waals surface area contributed by atoms with E-state index in [-0.39, 0.29) is 18.2 Å². The molecule has 0 unspecified atom stereocenters.